The highest BCUT2D eigenvalue weighted by Crippen LogP contribution is 2.39. The maximum atomic E-state index is 11.5. The number of methoxy groups -OCH3 is 2. The molecule has 0 unspecified atom stereocenters. The second-order valence-corrected chi connectivity index (χ2v) is 5.31. The first-order valence-corrected chi connectivity index (χ1v) is 6.31. The predicted molar refractivity (Wildman–Crippen MR) is 76.8 cm³/mol. The topological polar surface area (TPSA) is 71.5 Å². The molecule has 1 aromatic carbocycles. The first kappa shape index (κ1) is 14.2. The standard InChI is InChI=1S/C15H19NO4/c1-8-12(15(2,3)14(17)18)10-6-9(19-4)7-11(20-5)13(10)16-8/h6-7,16H,1-5H3,(H,17,18). The zero-order valence-corrected chi connectivity index (χ0v) is 12.3. The van der Waals surface area contributed by atoms with Gasteiger partial charge in [-0.25, -0.2) is 0 Å². The average molecular weight is 277 g/mol. The summed E-state index contributed by atoms with van der Waals surface area (Å²) in [6.45, 7) is 5.25. The summed E-state index contributed by atoms with van der Waals surface area (Å²) in [5, 5.41) is 10.3. The van der Waals surface area contributed by atoms with Crippen LogP contribution in [0.5, 0.6) is 11.5 Å². The Balaban J connectivity index is 2.85. The van der Waals surface area contributed by atoms with Crippen molar-refractivity contribution in [1.82, 2.24) is 4.98 Å². The van der Waals surface area contributed by atoms with E-state index in [4.69, 9.17) is 9.47 Å². The van der Waals surface area contributed by atoms with Crippen LogP contribution in [0.15, 0.2) is 12.1 Å². The van der Waals surface area contributed by atoms with Crippen LogP contribution >= 0.6 is 0 Å². The van der Waals surface area contributed by atoms with Gasteiger partial charge in [-0.05, 0) is 32.4 Å². The molecule has 0 fully saturated rings. The van der Waals surface area contributed by atoms with Crippen molar-refractivity contribution in [1.29, 1.82) is 0 Å². The summed E-state index contributed by atoms with van der Waals surface area (Å²) in [5.74, 6) is 0.397. The number of hydrogen-bond donors (Lipinski definition) is 2. The maximum absolute atomic E-state index is 11.5. The lowest BCUT2D eigenvalue weighted by atomic mass is 9.83. The Kier molecular flexibility index (Phi) is 3.38. The van der Waals surface area contributed by atoms with Crippen LogP contribution in [0.1, 0.15) is 25.1 Å². The van der Waals surface area contributed by atoms with Gasteiger partial charge >= 0.3 is 5.97 Å². The zero-order valence-electron chi connectivity index (χ0n) is 12.3. The van der Waals surface area contributed by atoms with E-state index >= 15 is 0 Å². The Bertz CT molecular complexity index is 670. The summed E-state index contributed by atoms with van der Waals surface area (Å²) in [6, 6.07) is 3.61. The molecule has 0 spiro atoms. The first-order chi connectivity index (χ1) is 9.32. The fourth-order valence-electron chi connectivity index (χ4n) is 2.56. The highest BCUT2D eigenvalue weighted by atomic mass is 16.5. The normalized spacial score (nSPS) is 11.7. The fourth-order valence-corrected chi connectivity index (χ4v) is 2.56. The molecule has 0 aliphatic heterocycles. The number of aryl methyl sites for hydroxylation is 1. The van der Waals surface area contributed by atoms with Crippen molar-refractivity contribution in [3.05, 3.63) is 23.4 Å². The van der Waals surface area contributed by atoms with Gasteiger partial charge in [0.15, 0.2) is 0 Å². The van der Waals surface area contributed by atoms with Crippen molar-refractivity contribution in [2.24, 2.45) is 0 Å². The molecule has 2 aromatic rings. The smallest absolute Gasteiger partial charge is 0.313 e. The van der Waals surface area contributed by atoms with E-state index in [1.54, 1.807) is 34.1 Å². The molecule has 0 atom stereocenters. The second-order valence-electron chi connectivity index (χ2n) is 5.31. The van der Waals surface area contributed by atoms with E-state index in [1.165, 1.54) is 0 Å². The highest BCUT2D eigenvalue weighted by molar-refractivity contribution is 5.96. The van der Waals surface area contributed by atoms with Crippen LogP contribution < -0.4 is 9.47 Å². The van der Waals surface area contributed by atoms with E-state index in [-0.39, 0.29) is 0 Å². The molecule has 108 valence electrons. The largest absolute Gasteiger partial charge is 0.497 e. The Morgan fingerprint density at radius 1 is 1.25 bits per heavy atom. The Morgan fingerprint density at radius 2 is 1.90 bits per heavy atom. The van der Waals surface area contributed by atoms with E-state index in [1.807, 2.05) is 13.0 Å². The van der Waals surface area contributed by atoms with E-state index in [0.29, 0.717) is 11.5 Å². The molecule has 20 heavy (non-hydrogen) atoms. The fraction of sp³-hybridized carbons (Fsp3) is 0.400. The molecule has 0 radical (unpaired) electrons. The van der Waals surface area contributed by atoms with Gasteiger partial charge < -0.3 is 19.6 Å². The van der Waals surface area contributed by atoms with Gasteiger partial charge in [0, 0.05) is 17.1 Å². The molecule has 1 aromatic heterocycles. The number of carbonyl (C=O) groups is 1. The van der Waals surface area contributed by atoms with Gasteiger partial charge in [-0.15, -0.1) is 0 Å². The SMILES string of the molecule is COc1cc(OC)c2[nH]c(C)c(C(C)(C)C(=O)O)c2c1. The molecule has 1 heterocycles. The van der Waals surface area contributed by atoms with Crippen molar-refractivity contribution < 1.29 is 19.4 Å². The number of benzene rings is 1. The van der Waals surface area contributed by atoms with Crippen molar-refractivity contribution in [2.75, 3.05) is 14.2 Å². The van der Waals surface area contributed by atoms with Crippen LogP contribution in [0.25, 0.3) is 10.9 Å². The quantitative estimate of drug-likeness (QED) is 0.901. The van der Waals surface area contributed by atoms with Crippen LogP contribution in [0, 0.1) is 6.92 Å². The molecule has 0 aliphatic carbocycles. The molecule has 5 nitrogen and oxygen atoms in total. The number of rotatable bonds is 4. The molecule has 0 saturated heterocycles. The van der Waals surface area contributed by atoms with E-state index in [9.17, 15) is 9.90 Å². The van der Waals surface area contributed by atoms with E-state index in [2.05, 4.69) is 4.98 Å². The number of nitrogens with one attached hydrogen (secondary N) is 1. The summed E-state index contributed by atoms with van der Waals surface area (Å²) >= 11 is 0. The van der Waals surface area contributed by atoms with Crippen molar-refractivity contribution in [2.45, 2.75) is 26.2 Å². The van der Waals surface area contributed by atoms with Crippen LogP contribution in [-0.4, -0.2) is 30.3 Å². The maximum Gasteiger partial charge on any atom is 0.313 e. The van der Waals surface area contributed by atoms with Crippen molar-refractivity contribution in [3.63, 3.8) is 0 Å². The monoisotopic (exact) mass is 277 g/mol. The third kappa shape index (κ3) is 1.99. The minimum atomic E-state index is -1.00. The lowest BCUT2D eigenvalue weighted by molar-refractivity contribution is -0.142. The number of carboxylic acids is 1. The minimum absolute atomic E-state index is 0.634. The summed E-state index contributed by atoms with van der Waals surface area (Å²) in [7, 11) is 3.15. The van der Waals surface area contributed by atoms with Crippen LogP contribution in [0.4, 0.5) is 0 Å². The molecular formula is C15H19NO4. The zero-order chi connectivity index (χ0) is 15.1. The summed E-state index contributed by atoms with van der Waals surface area (Å²) in [4.78, 5) is 14.8. The number of aliphatic carboxylic acids is 1. The number of aromatic nitrogens is 1. The van der Waals surface area contributed by atoms with Gasteiger partial charge in [0.05, 0.1) is 25.2 Å². The van der Waals surface area contributed by atoms with Gasteiger partial charge in [-0.3, -0.25) is 4.79 Å². The molecular weight excluding hydrogens is 258 g/mol. The molecule has 0 bridgehead atoms. The molecule has 0 saturated carbocycles. The second kappa shape index (κ2) is 4.74. The lowest BCUT2D eigenvalue weighted by Crippen LogP contribution is -2.29. The molecule has 2 N–H and O–H groups in total. The van der Waals surface area contributed by atoms with E-state index < -0.39 is 11.4 Å². The van der Waals surface area contributed by atoms with Crippen LogP contribution in [-0.2, 0) is 10.2 Å². The molecule has 0 aliphatic rings. The van der Waals surface area contributed by atoms with Crippen LogP contribution in [0.2, 0.25) is 0 Å². The number of aromatic amines is 1. The van der Waals surface area contributed by atoms with Gasteiger partial charge in [0.1, 0.15) is 11.5 Å². The van der Waals surface area contributed by atoms with E-state index in [0.717, 1.165) is 22.2 Å². The average Bonchev–Trinajstić information content (AvgIpc) is 2.73. The van der Waals surface area contributed by atoms with Crippen LogP contribution in [0.3, 0.4) is 0 Å². The van der Waals surface area contributed by atoms with Gasteiger partial charge in [0.25, 0.3) is 0 Å². The Labute approximate surface area is 117 Å². The Morgan fingerprint density at radius 3 is 2.40 bits per heavy atom. The number of H-pyrrole nitrogens is 1. The third-order valence-corrected chi connectivity index (χ3v) is 3.65. The summed E-state index contributed by atoms with van der Waals surface area (Å²) in [5.41, 5.74) is 1.35. The van der Waals surface area contributed by atoms with Gasteiger partial charge in [-0.1, -0.05) is 0 Å². The molecule has 5 heteroatoms. The number of carboxylic acid groups (broad SMARTS) is 1. The van der Waals surface area contributed by atoms with Crippen molar-refractivity contribution >= 4 is 16.9 Å². The van der Waals surface area contributed by atoms with Gasteiger partial charge in [0.2, 0.25) is 0 Å². The Hall–Kier alpha value is -2.17. The molecule has 0 amide bonds. The number of fused-ring (bicyclic) bond motifs is 1. The number of ether oxygens (including phenoxy) is 2. The van der Waals surface area contributed by atoms with Gasteiger partial charge in [-0.2, -0.15) is 0 Å². The summed E-state index contributed by atoms with van der Waals surface area (Å²) in [6.07, 6.45) is 0. The summed E-state index contributed by atoms with van der Waals surface area (Å²) < 4.78 is 10.6. The third-order valence-electron chi connectivity index (χ3n) is 3.65. The molecule has 2 rings (SSSR count). The lowest BCUT2D eigenvalue weighted by Gasteiger charge is -2.20. The number of hydrogen-bond acceptors (Lipinski definition) is 3. The first-order valence-electron chi connectivity index (χ1n) is 6.31. The minimum Gasteiger partial charge on any atom is -0.497 e. The highest BCUT2D eigenvalue weighted by Gasteiger charge is 2.34. The van der Waals surface area contributed by atoms with Crippen molar-refractivity contribution in [3.8, 4) is 11.5 Å². The predicted octanol–water partition coefficient (Wildman–Crippen LogP) is 2.86.